The molecule has 0 fully saturated rings. The van der Waals surface area contributed by atoms with Crippen LogP contribution in [0.15, 0.2) is 41.4 Å². The lowest BCUT2D eigenvalue weighted by Gasteiger charge is -2.05. The van der Waals surface area contributed by atoms with Crippen molar-refractivity contribution in [1.29, 1.82) is 10.5 Å². The quantitative estimate of drug-likeness (QED) is 0.798. The van der Waals surface area contributed by atoms with E-state index >= 15 is 0 Å². The van der Waals surface area contributed by atoms with E-state index in [1.165, 1.54) is 11.8 Å². The Morgan fingerprint density at radius 2 is 1.79 bits per heavy atom. The summed E-state index contributed by atoms with van der Waals surface area (Å²) >= 11 is 1.48. The van der Waals surface area contributed by atoms with Crippen LogP contribution in [0.3, 0.4) is 0 Å². The highest BCUT2D eigenvalue weighted by atomic mass is 32.2. The highest BCUT2D eigenvalue weighted by Gasteiger charge is 2.07. The summed E-state index contributed by atoms with van der Waals surface area (Å²) in [6, 6.07) is 15.4. The largest absolute Gasteiger partial charge is 0.245 e. The normalized spacial score (nSPS) is 9.63. The SMILES string of the molecule is Cc1ccc(C#N)c(SCc2ccccc2C#N)n1. The third-order valence-corrected chi connectivity index (χ3v) is 3.66. The molecule has 0 atom stereocenters. The molecule has 0 amide bonds. The Kier molecular flexibility index (Phi) is 4.18. The minimum atomic E-state index is 0.574. The Labute approximate surface area is 116 Å². The first-order valence-corrected chi connectivity index (χ1v) is 6.71. The maximum atomic E-state index is 9.05. The summed E-state index contributed by atoms with van der Waals surface area (Å²) in [4.78, 5) is 4.37. The molecule has 92 valence electrons. The van der Waals surface area contributed by atoms with Gasteiger partial charge in [0.15, 0.2) is 0 Å². The summed E-state index contributed by atoms with van der Waals surface area (Å²) in [6.45, 7) is 1.90. The molecule has 1 aromatic heterocycles. The van der Waals surface area contributed by atoms with Crippen molar-refractivity contribution in [3.8, 4) is 12.1 Å². The van der Waals surface area contributed by atoms with Gasteiger partial charge in [0.05, 0.1) is 17.2 Å². The van der Waals surface area contributed by atoms with Gasteiger partial charge in [-0.1, -0.05) is 18.2 Å². The van der Waals surface area contributed by atoms with E-state index in [1.807, 2.05) is 31.2 Å². The maximum absolute atomic E-state index is 9.05. The van der Waals surface area contributed by atoms with Gasteiger partial charge in [-0.2, -0.15) is 10.5 Å². The van der Waals surface area contributed by atoms with E-state index < -0.39 is 0 Å². The molecule has 0 saturated carbocycles. The molecular weight excluding hydrogens is 254 g/mol. The molecule has 0 bridgehead atoms. The van der Waals surface area contributed by atoms with Crippen LogP contribution in [0.25, 0.3) is 0 Å². The predicted octanol–water partition coefficient (Wildman–Crippen LogP) is 3.43. The number of thioether (sulfide) groups is 1. The lowest BCUT2D eigenvalue weighted by atomic mass is 10.1. The lowest BCUT2D eigenvalue weighted by Crippen LogP contribution is -1.92. The maximum Gasteiger partial charge on any atom is 0.114 e. The molecular formula is C15H11N3S. The lowest BCUT2D eigenvalue weighted by molar-refractivity contribution is 1.05. The van der Waals surface area contributed by atoms with Gasteiger partial charge in [-0.25, -0.2) is 4.98 Å². The number of nitrogens with zero attached hydrogens (tertiary/aromatic N) is 3. The number of pyridine rings is 1. The number of rotatable bonds is 3. The standard InChI is InChI=1S/C15H11N3S/c1-11-6-7-13(9-17)15(18-11)19-10-14-5-3-2-4-12(14)8-16/h2-7H,10H2,1H3. The average molecular weight is 265 g/mol. The van der Waals surface area contributed by atoms with Crippen molar-refractivity contribution in [2.24, 2.45) is 0 Å². The zero-order valence-electron chi connectivity index (χ0n) is 10.4. The van der Waals surface area contributed by atoms with Gasteiger partial charge in [0.2, 0.25) is 0 Å². The number of benzene rings is 1. The van der Waals surface area contributed by atoms with Gasteiger partial charge >= 0.3 is 0 Å². The zero-order valence-corrected chi connectivity index (χ0v) is 11.2. The third-order valence-electron chi connectivity index (χ3n) is 2.62. The topological polar surface area (TPSA) is 60.5 Å². The Balaban J connectivity index is 2.22. The van der Waals surface area contributed by atoms with E-state index in [0.717, 1.165) is 16.3 Å². The molecule has 0 N–H and O–H groups in total. The molecule has 1 aromatic carbocycles. The van der Waals surface area contributed by atoms with Gasteiger partial charge in [0, 0.05) is 11.4 Å². The Morgan fingerprint density at radius 3 is 2.53 bits per heavy atom. The van der Waals surface area contributed by atoms with E-state index in [-0.39, 0.29) is 0 Å². The Bertz CT molecular complexity index is 681. The summed E-state index contributed by atoms with van der Waals surface area (Å²) < 4.78 is 0. The first-order chi connectivity index (χ1) is 9.24. The van der Waals surface area contributed by atoms with Crippen molar-refractivity contribution in [3.05, 3.63) is 58.8 Å². The van der Waals surface area contributed by atoms with Crippen molar-refractivity contribution in [2.45, 2.75) is 17.7 Å². The second-order valence-corrected chi connectivity index (χ2v) is 4.94. The van der Waals surface area contributed by atoms with Crippen molar-refractivity contribution in [3.63, 3.8) is 0 Å². The number of hydrogen-bond donors (Lipinski definition) is 0. The fraction of sp³-hybridized carbons (Fsp3) is 0.133. The van der Waals surface area contributed by atoms with Crippen LogP contribution in [0.1, 0.15) is 22.4 Å². The van der Waals surface area contributed by atoms with E-state index in [1.54, 1.807) is 12.1 Å². The van der Waals surface area contributed by atoms with Crippen LogP contribution in [0.4, 0.5) is 0 Å². The van der Waals surface area contributed by atoms with Gasteiger partial charge < -0.3 is 0 Å². The summed E-state index contributed by atoms with van der Waals surface area (Å²) in [5.74, 6) is 0.634. The van der Waals surface area contributed by atoms with E-state index in [0.29, 0.717) is 16.9 Å². The van der Waals surface area contributed by atoms with Crippen LogP contribution in [0.2, 0.25) is 0 Å². The summed E-state index contributed by atoms with van der Waals surface area (Å²) in [5.41, 5.74) is 3.09. The number of nitriles is 2. The summed E-state index contributed by atoms with van der Waals surface area (Å²) in [6.07, 6.45) is 0. The number of hydrogen-bond acceptors (Lipinski definition) is 4. The van der Waals surface area contributed by atoms with Crippen LogP contribution >= 0.6 is 11.8 Å². The van der Waals surface area contributed by atoms with E-state index in [2.05, 4.69) is 17.1 Å². The molecule has 19 heavy (non-hydrogen) atoms. The zero-order chi connectivity index (χ0) is 13.7. The second kappa shape index (κ2) is 6.04. The van der Waals surface area contributed by atoms with Crippen molar-refractivity contribution >= 4 is 11.8 Å². The third kappa shape index (κ3) is 3.13. The van der Waals surface area contributed by atoms with Crippen molar-refractivity contribution < 1.29 is 0 Å². The molecule has 0 saturated heterocycles. The van der Waals surface area contributed by atoms with Crippen LogP contribution in [0.5, 0.6) is 0 Å². The minimum absolute atomic E-state index is 0.574. The molecule has 0 aliphatic rings. The van der Waals surface area contributed by atoms with Gasteiger partial charge in [0.25, 0.3) is 0 Å². The van der Waals surface area contributed by atoms with Crippen LogP contribution in [0, 0.1) is 29.6 Å². The first-order valence-electron chi connectivity index (χ1n) is 5.73. The van der Waals surface area contributed by atoms with Gasteiger partial charge in [-0.05, 0) is 30.7 Å². The Hall–Kier alpha value is -2.30. The minimum Gasteiger partial charge on any atom is -0.245 e. The monoisotopic (exact) mass is 265 g/mol. The van der Waals surface area contributed by atoms with Gasteiger partial charge in [0.1, 0.15) is 11.1 Å². The fourth-order valence-electron chi connectivity index (χ4n) is 1.63. The van der Waals surface area contributed by atoms with Crippen LogP contribution in [-0.4, -0.2) is 4.98 Å². The number of aromatic nitrogens is 1. The highest BCUT2D eigenvalue weighted by Crippen LogP contribution is 2.25. The highest BCUT2D eigenvalue weighted by molar-refractivity contribution is 7.98. The van der Waals surface area contributed by atoms with Crippen LogP contribution in [-0.2, 0) is 5.75 Å². The Morgan fingerprint density at radius 1 is 1.05 bits per heavy atom. The van der Waals surface area contributed by atoms with Gasteiger partial charge in [-0.15, -0.1) is 11.8 Å². The fourth-order valence-corrected chi connectivity index (χ4v) is 2.65. The number of aryl methyl sites for hydroxylation is 1. The van der Waals surface area contributed by atoms with Crippen molar-refractivity contribution in [2.75, 3.05) is 0 Å². The molecule has 4 heteroatoms. The molecule has 3 nitrogen and oxygen atoms in total. The summed E-state index contributed by atoms with van der Waals surface area (Å²) in [7, 11) is 0. The molecule has 0 radical (unpaired) electrons. The summed E-state index contributed by atoms with van der Waals surface area (Å²) in [5, 5.41) is 18.8. The smallest absolute Gasteiger partial charge is 0.114 e. The molecule has 0 unspecified atom stereocenters. The van der Waals surface area contributed by atoms with Gasteiger partial charge in [-0.3, -0.25) is 0 Å². The second-order valence-electron chi connectivity index (χ2n) is 3.97. The van der Waals surface area contributed by atoms with E-state index in [4.69, 9.17) is 10.5 Å². The molecule has 0 aliphatic carbocycles. The molecule has 0 aliphatic heterocycles. The molecule has 1 heterocycles. The van der Waals surface area contributed by atoms with Crippen molar-refractivity contribution in [1.82, 2.24) is 4.98 Å². The van der Waals surface area contributed by atoms with E-state index in [9.17, 15) is 0 Å². The molecule has 2 rings (SSSR count). The van der Waals surface area contributed by atoms with Crippen LogP contribution < -0.4 is 0 Å². The first kappa shape index (κ1) is 13.1. The average Bonchev–Trinajstić information content (AvgIpc) is 2.45. The molecule has 0 spiro atoms. The predicted molar refractivity (Wildman–Crippen MR) is 74.4 cm³/mol. The molecule has 2 aromatic rings.